The van der Waals surface area contributed by atoms with E-state index in [4.69, 9.17) is 18.9 Å². The highest BCUT2D eigenvalue weighted by Gasteiger charge is 2.43. The summed E-state index contributed by atoms with van der Waals surface area (Å²) in [6.07, 6.45) is 25.8. The van der Waals surface area contributed by atoms with E-state index in [0.717, 1.165) is 83.2 Å². The molecule has 2 aliphatic carbocycles. The van der Waals surface area contributed by atoms with Crippen LogP contribution in [0.5, 0.6) is 0 Å². The topological polar surface area (TPSA) is 74.2 Å². The summed E-state index contributed by atoms with van der Waals surface area (Å²) >= 11 is 0. The molecule has 39 heavy (non-hydrogen) atoms. The number of aldehydes is 1. The molecule has 0 spiro atoms. The first kappa shape index (κ1) is 30.9. The molecule has 2 saturated heterocycles. The van der Waals surface area contributed by atoms with Crippen molar-refractivity contribution >= 4 is 6.29 Å². The smallest absolute Gasteiger partial charge is 0.158 e. The number of hydrogen-bond acceptors (Lipinski definition) is 6. The summed E-state index contributed by atoms with van der Waals surface area (Å²) in [4.78, 5) is 10.7. The van der Waals surface area contributed by atoms with Crippen LogP contribution < -0.4 is 0 Å². The Morgan fingerprint density at radius 1 is 0.949 bits per heavy atom. The van der Waals surface area contributed by atoms with E-state index in [1.54, 1.807) is 0 Å². The standard InChI is InChI=1S/C33H54O6/c1-2-12-25-16-17-26(23-25)30(38-32-14-7-10-21-36-32)19-18-27-28(13-6-4-3-5-9-20-34)31(24-29(27)35)39-33-15-8-11-22-37-33/h4,6,18-20,25-33,35H,2-3,5,7-17,21-24H2,1H3/b6-4-,19-18+/t25?,26?,27-,28-,29-,30-,31+,32?,33?/m1/s1. The van der Waals surface area contributed by atoms with Crippen LogP contribution in [0.2, 0.25) is 0 Å². The molecule has 9 atom stereocenters. The average Bonchev–Trinajstić information content (AvgIpc) is 3.54. The maximum atomic E-state index is 11.2. The minimum Gasteiger partial charge on any atom is -0.392 e. The van der Waals surface area contributed by atoms with E-state index in [1.807, 2.05) is 0 Å². The van der Waals surface area contributed by atoms with Crippen molar-refractivity contribution in [2.75, 3.05) is 13.2 Å². The fraction of sp³-hybridized carbons (Fsp3) is 0.848. The molecule has 2 heterocycles. The summed E-state index contributed by atoms with van der Waals surface area (Å²) in [5.41, 5.74) is 0. The molecule has 6 heteroatoms. The van der Waals surface area contributed by atoms with Crippen LogP contribution in [0.1, 0.15) is 110 Å². The van der Waals surface area contributed by atoms with E-state index in [1.165, 1.54) is 32.1 Å². The predicted molar refractivity (Wildman–Crippen MR) is 153 cm³/mol. The van der Waals surface area contributed by atoms with Crippen LogP contribution in [-0.4, -0.2) is 55.5 Å². The number of rotatable bonds is 15. The van der Waals surface area contributed by atoms with Gasteiger partial charge in [-0.15, -0.1) is 0 Å². The van der Waals surface area contributed by atoms with Crippen LogP contribution in [0.15, 0.2) is 24.3 Å². The van der Waals surface area contributed by atoms with Gasteiger partial charge in [-0.1, -0.05) is 50.5 Å². The molecule has 222 valence electrons. The molecule has 4 fully saturated rings. The summed E-state index contributed by atoms with van der Waals surface area (Å²) < 4.78 is 25.0. The molecule has 2 aliphatic heterocycles. The second-order valence-corrected chi connectivity index (χ2v) is 12.3. The quantitative estimate of drug-likeness (QED) is 0.137. The second kappa shape index (κ2) is 17.0. The Balaban J connectivity index is 1.45. The van der Waals surface area contributed by atoms with Crippen LogP contribution in [0, 0.1) is 23.7 Å². The Morgan fingerprint density at radius 2 is 1.74 bits per heavy atom. The number of aliphatic hydroxyl groups is 1. The molecule has 4 aliphatic rings. The van der Waals surface area contributed by atoms with Crippen molar-refractivity contribution in [2.45, 2.75) is 141 Å². The number of aliphatic hydroxyl groups excluding tert-OH is 1. The molecule has 0 radical (unpaired) electrons. The maximum absolute atomic E-state index is 11.2. The molecule has 1 N–H and O–H groups in total. The lowest BCUT2D eigenvalue weighted by molar-refractivity contribution is -0.195. The van der Waals surface area contributed by atoms with Gasteiger partial charge >= 0.3 is 0 Å². The first-order valence-electron chi connectivity index (χ1n) is 16.2. The number of unbranched alkanes of at least 4 members (excludes halogenated alkanes) is 2. The molecule has 0 aromatic carbocycles. The highest BCUT2D eigenvalue weighted by molar-refractivity contribution is 5.49. The van der Waals surface area contributed by atoms with Crippen molar-refractivity contribution in [3.8, 4) is 0 Å². The molecule has 0 aromatic heterocycles. The summed E-state index contributed by atoms with van der Waals surface area (Å²) in [6.45, 7) is 3.83. The average molecular weight is 547 g/mol. The van der Waals surface area contributed by atoms with Crippen molar-refractivity contribution in [3.63, 3.8) is 0 Å². The zero-order valence-electron chi connectivity index (χ0n) is 24.3. The molecule has 4 rings (SSSR count). The third-order valence-electron chi connectivity index (χ3n) is 9.34. The summed E-state index contributed by atoms with van der Waals surface area (Å²) in [5.74, 6) is 1.52. The van der Waals surface area contributed by atoms with Gasteiger partial charge in [-0.05, 0) is 88.4 Å². The SMILES string of the molecule is CCCC1CCC([C@@H](/C=C/[C@@H]2[C@@H](C/C=C\CCCC=O)[C@@H](OC3CCCCO3)C[C@H]2O)OC2CCCCO2)C1. The summed E-state index contributed by atoms with van der Waals surface area (Å²) in [7, 11) is 0. The van der Waals surface area contributed by atoms with E-state index in [-0.39, 0.29) is 36.6 Å². The van der Waals surface area contributed by atoms with Gasteiger partial charge in [0.2, 0.25) is 0 Å². The van der Waals surface area contributed by atoms with E-state index >= 15 is 0 Å². The largest absolute Gasteiger partial charge is 0.392 e. The molecule has 6 nitrogen and oxygen atoms in total. The van der Waals surface area contributed by atoms with Gasteiger partial charge in [0, 0.05) is 32.0 Å². The number of carbonyl (C=O) groups is 1. The number of hydrogen-bond donors (Lipinski definition) is 1. The Kier molecular flexibility index (Phi) is 13.5. The monoisotopic (exact) mass is 546 g/mol. The van der Waals surface area contributed by atoms with Gasteiger partial charge in [0.1, 0.15) is 6.29 Å². The van der Waals surface area contributed by atoms with Crippen molar-refractivity contribution in [1.82, 2.24) is 0 Å². The van der Waals surface area contributed by atoms with Gasteiger partial charge < -0.3 is 28.8 Å². The summed E-state index contributed by atoms with van der Waals surface area (Å²) in [6, 6.07) is 0. The Bertz CT molecular complexity index is 740. The van der Waals surface area contributed by atoms with E-state index in [9.17, 15) is 9.90 Å². The van der Waals surface area contributed by atoms with Gasteiger partial charge in [-0.25, -0.2) is 0 Å². The first-order chi connectivity index (χ1) is 19.2. The maximum Gasteiger partial charge on any atom is 0.158 e. The van der Waals surface area contributed by atoms with Gasteiger partial charge in [-0.3, -0.25) is 0 Å². The third kappa shape index (κ3) is 9.78. The highest BCUT2D eigenvalue weighted by Crippen LogP contribution is 2.41. The number of ether oxygens (including phenoxy) is 4. The molecular weight excluding hydrogens is 492 g/mol. The minimum absolute atomic E-state index is 0.0180. The van der Waals surface area contributed by atoms with E-state index in [0.29, 0.717) is 18.8 Å². The van der Waals surface area contributed by atoms with Crippen molar-refractivity contribution < 1.29 is 28.8 Å². The van der Waals surface area contributed by atoms with Gasteiger partial charge in [-0.2, -0.15) is 0 Å². The molecule has 4 unspecified atom stereocenters. The Morgan fingerprint density at radius 3 is 2.46 bits per heavy atom. The lowest BCUT2D eigenvalue weighted by Gasteiger charge is -2.31. The van der Waals surface area contributed by atoms with Crippen molar-refractivity contribution in [3.05, 3.63) is 24.3 Å². The van der Waals surface area contributed by atoms with Gasteiger partial charge in [0.15, 0.2) is 12.6 Å². The first-order valence-corrected chi connectivity index (χ1v) is 16.2. The Labute approximate surface area is 236 Å². The summed E-state index contributed by atoms with van der Waals surface area (Å²) in [5, 5.41) is 11.2. The van der Waals surface area contributed by atoms with Crippen LogP contribution >= 0.6 is 0 Å². The molecular formula is C33H54O6. The van der Waals surface area contributed by atoms with E-state index < -0.39 is 6.10 Å². The van der Waals surface area contributed by atoms with Crippen LogP contribution in [0.4, 0.5) is 0 Å². The van der Waals surface area contributed by atoms with Crippen LogP contribution in [0.3, 0.4) is 0 Å². The molecule has 2 saturated carbocycles. The van der Waals surface area contributed by atoms with Crippen molar-refractivity contribution in [2.24, 2.45) is 23.7 Å². The number of carbonyl (C=O) groups excluding carboxylic acids is 1. The zero-order valence-corrected chi connectivity index (χ0v) is 24.3. The fourth-order valence-corrected chi connectivity index (χ4v) is 7.17. The lowest BCUT2D eigenvalue weighted by Crippen LogP contribution is -2.32. The normalized spacial score (nSPS) is 36.7. The van der Waals surface area contributed by atoms with E-state index in [2.05, 4.69) is 31.2 Å². The molecule has 0 bridgehead atoms. The molecule has 0 aromatic rings. The predicted octanol–water partition coefficient (Wildman–Crippen LogP) is 6.90. The van der Waals surface area contributed by atoms with Gasteiger partial charge in [0.25, 0.3) is 0 Å². The second-order valence-electron chi connectivity index (χ2n) is 12.3. The highest BCUT2D eigenvalue weighted by atomic mass is 16.7. The molecule has 0 amide bonds. The Hall–Kier alpha value is -1.05. The fourth-order valence-electron chi connectivity index (χ4n) is 7.17. The lowest BCUT2D eigenvalue weighted by atomic mass is 9.88. The third-order valence-corrected chi connectivity index (χ3v) is 9.34. The van der Waals surface area contributed by atoms with Crippen LogP contribution in [-0.2, 0) is 23.7 Å². The van der Waals surface area contributed by atoms with Crippen molar-refractivity contribution in [1.29, 1.82) is 0 Å². The zero-order chi connectivity index (χ0) is 27.3. The van der Waals surface area contributed by atoms with Crippen LogP contribution in [0.25, 0.3) is 0 Å². The minimum atomic E-state index is -0.439. The van der Waals surface area contributed by atoms with Gasteiger partial charge in [0.05, 0.1) is 18.3 Å². The number of allylic oxidation sites excluding steroid dienone is 2.